The first-order chi connectivity index (χ1) is 5.40. The van der Waals surface area contributed by atoms with E-state index in [1.54, 1.807) is 7.05 Å². The Labute approximate surface area is 75.1 Å². The average Bonchev–Trinajstić information content (AvgIpc) is 1.85. The molecular formula is C8H17NO2S. The van der Waals surface area contributed by atoms with Crippen molar-refractivity contribution in [2.75, 3.05) is 19.3 Å². The minimum Gasteiger partial charge on any atom is -0.212 e. The minimum absolute atomic E-state index is 0.219. The van der Waals surface area contributed by atoms with E-state index >= 15 is 0 Å². The normalized spacial score (nSPS) is 12.0. The van der Waals surface area contributed by atoms with Gasteiger partial charge in [0.2, 0.25) is 10.0 Å². The van der Waals surface area contributed by atoms with Gasteiger partial charge in [0.25, 0.3) is 0 Å². The molecule has 0 N–H and O–H groups in total. The third kappa shape index (κ3) is 3.88. The van der Waals surface area contributed by atoms with E-state index < -0.39 is 10.0 Å². The summed E-state index contributed by atoms with van der Waals surface area (Å²) in [6.45, 7) is 7.75. The molecule has 0 saturated carbocycles. The molecule has 72 valence electrons. The zero-order valence-corrected chi connectivity index (χ0v) is 8.82. The molecule has 3 nitrogen and oxygen atoms in total. The maximum atomic E-state index is 11.4. The predicted octanol–water partition coefficient (Wildman–Crippen LogP) is 1.23. The Morgan fingerprint density at radius 2 is 2.00 bits per heavy atom. The van der Waals surface area contributed by atoms with Crippen LogP contribution in [0, 0.1) is 0 Å². The lowest BCUT2D eigenvalue weighted by atomic mass is 10.4. The van der Waals surface area contributed by atoms with Crippen molar-refractivity contribution in [3.8, 4) is 0 Å². The second kappa shape index (κ2) is 4.62. The summed E-state index contributed by atoms with van der Waals surface area (Å²) in [5, 5.41) is 0. The van der Waals surface area contributed by atoms with E-state index in [2.05, 4.69) is 6.58 Å². The van der Waals surface area contributed by atoms with Crippen LogP contribution < -0.4 is 0 Å². The Kier molecular flexibility index (Phi) is 4.49. The number of rotatable bonds is 5. The molecule has 0 radical (unpaired) electrons. The monoisotopic (exact) mass is 191 g/mol. The Morgan fingerprint density at radius 3 is 2.33 bits per heavy atom. The summed E-state index contributed by atoms with van der Waals surface area (Å²) in [7, 11) is -1.45. The Balaban J connectivity index is 4.26. The Morgan fingerprint density at radius 1 is 1.50 bits per heavy atom. The van der Waals surface area contributed by atoms with E-state index in [-0.39, 0.29) is 5.75 Å². The van der Waals surface area contributed by atoms with E-state index in [0.717, 1.165) is 5.57 Å². The molecule has 0 aliphatic heterocycles. The van der Waals surface area contributed by atoms with Gasteiger partial charge in [-0.1, -0.05) is 19.1 Å². The van der Waals surface area contributed by atoms with E-state index in [9.17, 15) is 8.42 Å². The highest BCUT2D eigenvalue weighted by Crippen LogP contribution is 2.02. The van der Waals surface area contributed by atoms with Gasteiger partial charge in [-0.3, -0.25) is 0 Å². The van der Waals surface area contributed by atoms with Crippen LogP contribution in [0.4, 0.5) is 0 Å². The second-order valence-corrected chi connectivity index (χ2v) is 5.22. The van der Waals surface area contributed by atoms with Gasteiger partial charge in [0.1, 0.15) is 0 Å². The number of nitrogens with zero attached hydrogens (tertiary/aromatic N) is 1. The van der Waals surface area contributed by atoms with Crippen molar-refractivity contribution >= 4 is 10.0 Å². The average molecular weight is 191 g/mol. The minimum atomic E-state index is -3.03. The summed E-state index contributed by atoms with van der Waals surface area (Å²) in [4.78, 5) is 0. The fraction of sp³-hybridized carbons (Fsp3) is 0.750. The quantitative estimate of drug-likeness (QED) is 0.613. The predicted molar refractivity (Wildman–Crippen MR) is 51.5 cm³/mol. The maximum absolute atomic E-state index is 11.4. The molecule has 0 heterocycles. The molecule has 0 unspecified atom stereocenters. The molecule has 0 fully saturated rings. The van der Waals surface area contributed by atoms with E-state index in [1.165, 1.54) is 4.31 Å². The summed E-state index contributed by atoms with van der Waals surface area (Å²) >= 11 is 0. The molecule has 0 rings (SSSR count). The van der Waals surface area contributed by atoms with Gasteiger partial charge in [0.15, 0.2) is 0 Å². The molecule has 0 amide bonds. The Bertz CT molecular complexity index is 244. The van der Waals surface area contributed by atoms with Gasteiger partial charge in [0, 0.05) is 13.6 Å². The van der Waals surface area contributed by atoms with Crippen LogP contribution in [0.2, 0.25) is 0 Å². The van der Waals surface area contributed by atoms with E-state index in [1.807, 2.05) is 13.8 Å². The molecule has 0 aliphatic carbocycles. The second-order valence-electron chi connectivity index (χ2n) is 3.03. The summed E-state index contributed by atoms with van der Waals surface area (Å²) in [5.74, 6) is 0.219. The van der Waals surface area contributed by atoms with Gasteiger partial charge in [-0.05, 0) is 13.3 Å². The van der Waals surface area contributed by atoms with Crippen molar-refractivity contribution < 1.29 is 8.42 Å². The van der Waals surface area contributed by atoms with Gasteiger partial charge in [0.05, 0.1) is 5.75 Å². The van der Waals surface area contributed by atoms with Crippen LogP contribution in [0.15, 0.2) is 12.2 Å². The van der Waals surface area contributed by atoms with Crippen LogP contribution in [0.3, 0.4) is 0 Å². The molecule has 0 bridgehead atoms. The SMILES string of the molecule is C=C(C)CN(C)S(=O)(=O)CCC. The van der Waals surface area contributed by atoms with Crippen molar-refractivity contribution in [3.63, 3.8) is 0 Å². The summed E-state index contributed by atoms with van der Waals surface area (Å²) in [5.41, 5.74) is 0.858. The molecule has 0 aliphatic rings. The highest BCUT2D eigenvalue weighted by atomic mass is 32.2. The number of sulfonamides is 1. The first-order valence-electron chi connectivity index (χ1n) is 3.98. The van der Waals surface area contributed by atoms with Crippen LogP contribution >= 0.6 is 0 Å². The highest BCUT2D eigenvalue weighted by molar-refractivity contribution is 7.89. The first-order valence-corrected chi connectivity index (χ1v) is 5.59. The molecule has 4 heteroatoms. The molecule has 0 aromatic carbocycles. The molecule has 12 heavy (non-hydrogen) atoms. The molecule has 0 saturated heterocycles. The van der Waals surface area contributed by atoms with Crippen LogP contribution in [-0.2, 0) is 10.0 Å². The van der Waals surface area contributed by atoms with Gasteiger partial charge < -0.3 is 0 Å². The Hall–Kier alpha value is -0.350. The van der Waals surface area contributed by atoms with Crippen LogP contribution in [-0.4, -0.2) is 32.1 Å². The van der Waals surface area contributed by atoms with Gasteiger partial charge in [-0.2, -0.15) is 0 Å². The van der Waals surface area contributed by atoms with Crippen molar-refractivity contribution in [2.24, 2.45) is 0 Å². The highest BCUT2D eigenvalue weighted by Gasteiger charge is 2.15. The van der Waals surface area contributed by atoms with Crippen molar-refractivity contribution in [3.05, 3.63) is 12.2 Å². The molecule has 0 spiro atoms. The number of hydrogen-bond donors (Lipinski definition) is 0. The fourth-order valence-corrected chi connectivity index (χ4v) is 2.14. The topological polar surface area (TPSA) is 37.4 Å². The standard InChI is InChI=1S/C8H17NO2S/c1-5-6-12(10,11)9(4)7-8(2)3/h2,5-7H2,1,3-4H3. The molecule has 0 aromatic heterocycles. The lowest BCUT2D eigenvalue weighted by Gasteiger charge is -2.16. The number of likely N-dealkylation sites (N-methyl/N-ethyl adjacent to an activating group) is 1. The van der Waals surface area contributed by atoms with E-state index in [0.29, 0.717) is 13.0 Å². The molecular weight excluding hydrogens is 174 g/mol. The summed E-state index contributed by atoms with van der Waals surface area (Å²) < 4.78 is 24.0. The van der Waals surface area contributed by atoms with Crippen LogP contribution in [0.1, 0.15) is 20.3 Å². The molecule has 0 atom stereocenters. The van der Waals surface area contributed by atoms with Gasteiger partial charge in [-0.15, -0.1) is 0 Å². The van der Waals surface area contributed by atoms with E-state index in [4.69, 9.17) is 0 Å². The van der Waals surface area contributed by atoms with Crippen LogP contribution in [0.25, 0.3) is 0 Å². The first kappa shape index (κ1) is 11.6. The zero-order chi connectivity index (χ0) is 9.78. The molecule has 0 aromatic rings. The van der Waals surface area contributed by atoms with Gasteiger partial charge >= 0.3 is 0 Å². The third-order valence-corrected chi connectivity index (χ3v) is 3.43. The number of hydrogen-bond acceptors (Lipinski definition) is 2. The van der Waals surface area contributed by atoms with Gasteiger partial charge in [-0.25, -0.2) is 12.7 Å². The third-order valence-electron chi connectivity index (χ3n) is 1.43. The maximum Gasteiger partial charge on any atom is 0.214 e. The van der Waals surface area contributed by atoms with Crippen molar-refractivity contribution in [2.45, 2.75) is 20.3 Å². The lowest BCUT2D eigenvalue weighted by molar-refractivity contribution is 0.492. The summed E-state index contributed by atoms with van der Waals surface area (Å²) in [6.07, 6.45) is 0.656. The fourth-order valence-electron chi connectivity index (χ4n) is 0.892. The van der Waals surface area contributed by atoms with Crippen molar-refractivity contribution in [1.29, 1.82) is 0 Å². The smallest absolute Gasteiger partial charge is 0.212 e. The zero-order valence-electron chi connectivity index (χ0n) is 8.00. The lowest BCUT2D eigenvalue weighted by Crippen LogP contribution is -2.30. The van der Waals surface area contributed by atoms with Crippen LogP contribution in [0.5, 0.6) is 0 Å². The largest absolute Gasteiger partial charge is 0.214 e. The van der Waals surface area contributed by atoms with Crippen molar-refractivity contribution in [1.82, 2.24) is 4.31 Å². The summed E-state index contributed by atoms with van der Waals surface area (Å²) in [6, 6.07) is 0.